The van der Waals surface area contributed by atoms with Gasteiger partial charge in [0.15, 0.2) is 6.61 Å². The molecule has 0 bridgehead atoms. The van der Waals surface area contributed by atoms with Crippen LogP contribution in [0.5, 0.6) is 5.75 Å². The largest absolute Gasteiger partial charge is 0.482 e. The van der Waals surface area contributed by atoms with Crippen LogP contribution in [0, 0.1) is 0 Å². The van der Waals surface area contributed by atoms with Gasteiger partial charge in [-0.1, -0.05) is 22.0 Å². The number of hydrogen-bond donors (Lipinski definition) is 1. The number of nitrogens with zero attached hydrogens (tertiary/aromatic N) is 1. The second-order valence-corrected chi connectivity index (χ2v) is 7.01. The maximum Gasteiger partial charge on any atom is 0.265 e. The summed E-state index contributed by atoms with van der Waals surface area (Å²) in [6.07, 6.45) is 0.796. The molecule has 0 saturated carbocycles. The van der Waals surface area contributed by atoms with E-state index < -0.39 is 0 Å². The Hall–Kier alpha value is -1.86. The Labute approximate surface area is 146 Å². The zero-order chi connectivity index (χ0) is 16.2. The molecule has 0 radical (unpaired) electrons. The normalized spacial score (nSPS) is 13.4. The summed E-state index contributed by atoms with van der Waals surface area (Å²) in [6, 6.07) is 9.42. The number of anilines is 1. The number of thiophene rings is 1. The summed E-state index contributed by atoms with van der Waals surface area (Å²) in [6.45, 7) is 0.512. The van der Waals surface area contributed by atoms with Crippen molar-refractivity contribution in [2.24, 2.45) is 0 Å². The Kier molecular flexibility index (Phi) is 4.97. The first kappa shape index (κ1) is 16.0. The maximum atomic E-state index is 12.1. The van der Waals surface area contributed by atoms with Crippen molar-refractivity contribution >= 4 is 44.8 Å². The van der Waals surface area contributed by atoms with Crippen LogP contribution in [-0.4, -0.2) is 31.5 Å². The Morgan fingerprint density at radius 2 is 2.26 bits per heavy atom. The molecule has 1 aliphatic rings. The van der Waals surface area contributed by atoms with Crippen molar-refractivity contribution in [3.63, 3.8) is 0 Å². The number of ether oxygens (including phenoxy) is 1. The zero-order valence-corrected chi connectivity index (χ0v) is 14.7. The van der Waals surface area contributed by atoms with Crippen LogP contribution < -0.4 is 15.0 Å². The second kappa shape index (κ2) is 7.14. The number of rotatable bonds is 5. The van der Waals surface area contributed by atoms with Crippen molar-refractivity contribution in [3.8, 4) is 5.75 Å². The van der Waals surface area contributed by atoms with E-state index in [0.717, 1.165) is 10.9 Å². The minimum atomic E-state index is -0.215. The molecule has 2 aromatic rings. The van der Waals surface area contributed by atoms with Crippen LogP contribution in [0.15, 0.2) is 40.2 Å². The van der Waals surface area contributed by atoms with Crippen LogP contribution in [0.25, 0.3) is 0 Å². The van der Waals surface area contributed by atoms with E-state index in [1.54, 1.807) is 23.5 Å². The van der Waals surface area contributed by atoms with Gasteiger partial charge in [-0.3, -0.25) is 14.5 Å². The van der Waals surface area contributed by atoms with Crippen molar-refractivity contribution < 1.29 is 14.3 Å². The van der Waals surface area contributed by atoms with E-state index in [4.69, 9.17) is 4.74 Å². The summed E-state index contributed by atoms with van der Waals surface area (Å²) in [4.78, 5) is 26.8. The van der Waals surface area contributed by atoms with Crippen molar-refractivity contribution in [2.75, 3.05) is 24.6 Å². The quantitative estimate of drug-likeness (QED) is 0.847. The topological polar surface area (TPSA) is 58.6 Å². The molecule has 120 valence electrons. The molecule has 2 heterocycles. The number of fused-ring (bicyclic) bond motifs is 1. The Morgan fingerprint density at radius 1 is 1.39 bits per heavy atom. The van der Waals surface area contributed by atoms with Crippen LogP contribution in [0.1, 0.15) is 4.88 Å². The first-order chi connectivity index (χ1) is 11.1. The van der Waals surface area contributed by atoms with E-state index in [1.807, 2.05) is 23.6 Å². The lowest BCUT2D eigenvalue weighted by Crippen LogP contribution is -2.45. The molecule has 23 heavy (non-hydrogen) atoms. The SMILES string of the molecule is O=C(CN1C(=O)COc2cc(Br)ccc21)NCCc1cccs1. The molecule has 0 fully saturated rings. The minimum absolute atomic E-state index is 0.00126. The Bertz CT molecular complexity index is 718. The molecule has 1 aromatic heterocycles. The smallest absolute Gasteiger partial charge is 0.265 e. The van der Waals surface area contributed by atoms with Gasteiger partial charge in [0.25, 0.3) is 5.91 Å². The fraction of sp³-hybridized carbons (Fsp3) is 0.250. The predicted molar refractivity (Wildman–Crippen MR) is 93.0 cm³/mol. The van der Waals surface area contributed by atoms with Crippen LogP contribution >= 0.6 is 27.3 Å². The van der Waals surface area contributed by atoms with Crippen molar-refractivity contribution in [2.45, 2.75) is 6.42 Å². The minimum Gasteiger partial charge on any atom is -0.482 e. The third-order valence-corrected chi connectivity index (χ3v) is 4.87. The van der Waals surface area contributed by atoms with Crippen LogP contribution in [0.3, 0.4) is 0 Å². The van der Waals surface area contributed by atoms with E-state index in [0.29, 0.717) is 18.0 Å². The first-order valence-electron chi connectivity index (χ1n) is 7.15. The fourth-order valence-corrected chi connectivity index (χ4v) is 3.38. The molecule has 3 rings (SSSR count). The molecular weight excluding hydrogens is 380 g/mol. The van der Waals surface area contributed by atoms with Crippen molar-refractivity contribution in [1.29, 1.82) is 0 Å². The summed E-state index contributed by atoms with van der Waals surface area (Å²) in [7, 11) is 0. The van der Waals surface area contributed by atoms with Gasteiger partial charge in [-0.25, -0.2) is 0 Å². The molecule has 0 aliphatic carbocycles. The van der Waals surface area contributed by atoms with E-state index in [9.17, 15) is 9.59 Å². The van der Waals surface area contributed by atoms with Crippen LogP contribution in [0.2, 0.25) is 0 Å². The van der Waals surface area contributed by atoms with Gasteiger partial charge in [0.1, 0.15) is 12.3 Å². The number of benzene rings is 1. The average molecular weight is 395 g/mol. The fourth-order valence-electron chi connectivity index (χ4n) is 2.33. The maximum absolute atomic E-state index is 12.1. The highest BCUT2D eigenvalue weighted by atomic mass is 79.9. The molecule has 0 saturated heterocycles. The van der Waals surface area contributed by atoms with E-state index in [-0.39, 0.29) is 25.0 Å². The van der Waals surface area contributed by atoms with Gasteiger partial charge >= 0.3 is 0 Å². The van der Waals surface area contributed by atoms with Gasteiger partial charge in [0, 0.05) is 15.9 Å². The average Bonchev–Trinajstić information content (AvgIpc) is 3.03. The molecular formula is C16H15BrN2O3S. The van der Waals surface area contributed by atoms with Gasteiger partial charge in [-0.05, 0) is 36.1 Å². The first-order valence-corrected chi connectivity index (χ1v) is 8.82. The molecule has 1 N–H and O–H groups in total. The Balaban J connectivity index is 1.60. The number of carbonyl (C=O) groups excluding carboxylic acids is 2. The van der Waals surface area contributed by atoms with Gasteiger partial charge in [0.05, 0.1) is 5.69 Å². The molecule has 0 spiro atoms. The van der Waals surface area contributed by atoms with Crippen LogP contribution in [0.4, 0.5) is 5.69 Å². The lowest BCUT2D eigenvalue weighted by molar-refractivity contribution is -0.125. The van der Waals surface area contributed by atoms with Gasteiger partial charge < -0.3 is 10.1 Å². The highest BCUT2D eigenvalue weighted by molar-refractivity contribution is 9.10. The van der Waals surface area contributed by atoms with Gasteiger partial charge in [0.2, 0.25) is 5.91 Å². The third-order valence-electron chi connectivity index (χ3n) is 3.44. The molecule has 7 heteroatoms. The highest BCUT2D eigenvalue weighted by Crippen LogP contribution is 2.34. The summed E-state index contributed by atoms with van der Waals surface area (Å²) in [5, 5.41) is 4.87. The molecule has 0 unspecified atom stereocenters. The van der Waals surface area contributed by atoms with Crippen molar-refractivity contribution in [1.82, 2.24) is 5.32 Å². The van der Waals surface area contributed by atoms with Gasteiger partial charge in [-0.15, -0.1) is 11.3 Å². The van der Waals surface area contributed by atoms with E-state index >= 15 is 0 Å². The van der Waals surface area contributed by atoms with Crippen molar-refractivity contribution in [3.05, 3.63) is 45.1 Å². The summed E-state index contributed by atoms with van der Waals surface area (Å²) >= 11 is 5.03. The summed E-state index contributed by atoms with van der Waals surface area (Å²) < 4.78 is 6.27. The second-order valence-electron chi connectivity index (χ2n) is 5.06. The summed E-state index contributed by atoms with van der Waals surface area (Å²) in [5.41, 5.74) is 0.623. The standard InChI is InChI=1S/C16H15BrN2O3S/c17-11-3-4-13-14(8-11)22-10-16(21)19(13)9-15(20)18-6-5-12-2-1-7-23-12/h1-4,7-8H,5-6,9-10H2,(H,18,20). The Morgan fingerprint density at radius 3 is 3.04 bits per heavy atom. The third kappa shape index (κ3) is 3.92. The molecule has 0 atom stereocenters. The molecule has 1 aromatic carbocycles. The van der Waals surface area contributed by atoms with Gasteiger partial charge in [-0.2, -0.15) is 0 Å². The zero-order valence-electron chi connectivity index (χ0n) is 12.3. The number of carbonyl (C=O) groups is 2. The number of amides is 2. The number of nitrogens with one attached hydrogen (secondary N) is 1. The molecule has 5 nitrogen and oxygen atoms in total. The number of halogens is 1. The van der Waals surface area contributed by atoms with Crippen LogP contribution in [-0.2, 0) is 16.0 Å². The lowest BCUT2D eigenvalue weighted by atomic mass is 10.2. The number of hydrogen-bond acceptors (Lipinski definition) is 4. The monoisotopic (exact) mass is 394 g/mol. The summed E-state index contributed by atoms with van der Waals surface area (Å²) in [5.74, 6) is 0.212. The lowest BCUT2D eigenvalue weighted by Gasteiger charge is -2.29. The van der Waals surface area contributed by atoms with E-state index in [2.05, 4.69) is 21.2 Å². The highest BCUT2D eigenvalue weighted by Gasteiger charge is 2.27. The predicted octanol–water partition coefficient (Wildman–Crippen LogP) is 2.59. The molecule has 1 aliphatic heterocycles. The van der Waals surface area contributed by atoms with E-state index in [1.165, 1.54) is 9.78 Å². The molecule has 2 amide bonds.